The summed E-state index contributed by atoms with van der Waals surface area (Å²) in [6, 6.07) is 4.56. The predicted molar refractivity (Wildman–Crippen MR) is 61.9 cm³/mol. The van der Waals surface area contributed by atoms with Gasteiger partial charge in [-0.15, -0.1) is 0 Å². The number of phenolic OH excluding ortho intramolecular Hbond substituents is 1. The molecule has 6 nitrogen and oxygen atoms in total. The second-order valence-corrected chi connectivity index (χ2v) is 3.74. The van der Waals surface area contributed by atoms with Gasteiger partial charge in [0, 0.05) is 6.07 Å². The van der Waals surface area contributed by atoms with Crippen LogP contribution < -0.4 is 4.74 Å². The summed E-state index contributed by atoms with van der Waals surface area (Å²) in [5.74, 6) is -0.842. The van der Waals surface area contributed by atoms with Crippen molar-refractivity contribution in [3.63, 3.8) is 0 Å². The first-order valence-electron chi connectivity index (χ1n) is 5.11. The molecule has 0 amide bonds. The first-order valence-corrected chi connectivity index (χ1v) is 5.11. The van der Waals surface area contributed by atoms with E-state index in [-0.39, 0.29) is 17.2 Å². The van der Waals surface area contributed by atoms with E-state index in [9.17, 15) is 9.90 Å². The number of carboxylic acid groups (broad SMARTS) is 1. The second kappa shape index (κ2) is 4.40. The summed E-state index contributed by atoms with van der Waals surface area (Å²) in [6.45, 7) is 1.82. The zero-order valence-corrected chi connectivity index (χ0v) is 9.80. The van der Waals surface area contributed by atoms with Crippen molar-refractivity contribution in [3.05, 3.63) is 29.5 Å². The number of hydrogen-bond acceptors (Lipinski definition) is 5. The van der Waals surface area contributed by atoms with Crippen LogP contribution in [0.15, 0.2) is 22.7 Å². The van der Waals surface area contributed by atoms with Gasteiger partial charge in [0.05, 0.1) is 12.7 Å². The van der Waals surface area contributed by atoms with Gasteiger partial charge in [0.1, 0.15) is 0 Å². The van der Waals surface area contributed by atoms with Crippen molar-refractivity contribution < 1.29 is 24.3 Å². The minimum absolute atomic E-state index is 0.115. The first-order chi connectivity index (χ1) is 8.52. The molecule has 0 aliphatic rings. The smallest absolute Gasteiger partial charge is 0.358 e. The van der Waals surface area contributed by atoms with Crippen LogP contribution in [0, 0.1) is 6.92 Å². The van der Waals surface area contributed by atoms with Crippen LogP contribution >= 0.6 is 0 Å². The molecule has 94 valence electrons. The highest BCUT2D eigenvalue weighted by Gasteiger charge is 2.17. The number of methoxy groups -OCH3 is 1. The zero-order valence-electron chi connectivity index (χ0n) is 9.80. The van der Waals surface area contributed by atoms with Gasteiger partial charge in [0.25, 0.3) is 0 Å². The van der Waals surface area contributed by atoms with Crippen LogP contribution in [-0.2, 0) is 0 Å². The van der Waals surface area contributed by atoms with Gasteiger partial charge in [-0.2, -0.15) is 0 Å². The van der Waals surface area contributed by atoms with E-state index >= 15 is 0 Å². The molecule has 0 atom stereocenters. The number of carboxylic acids is 1. The molecule has 0 fully saturated rings. The van der Waals surface area contributed by atoms with E-state index < -0.39 is 5.97 Å². The maximum atomic E-state index is 10.7. The molecule has 6 heteroatoms. The molecule has 1 heterocycles. The Morgan fingerprint density at radius 2 is 2.11 bits per heavy atom. The number of nitrogens with zero attached hydrogens (tertiary/aromatic N) is 1. The van der Waals surface area contributed by atoms with E-state index in [1.807, 2.05) is 6.92 Å². The lowest BCUT2D eigenvalue weighted by molar-refractivity contribution is 0.0686. The van der Waals surface area contributed by atoms with Crippen molar-refractivity contribution in [2.75, 3.05) is 7.11 Å². The van der Waals surface area contributed by atoms with Crippen molar-refractivity contribution in [2.45, 2.75) is 6.92 Å². The SMILES string of the molecule is COc1cc(C)cc(-c2cc(C(=O)O)no2)c1O. The third kappa shape index (κ3) is 2.00. The summed E-state index contributed by atoms with van der Waals surface area (Å²) >= 11 is 0. The number of aromatic carboxylic acids is 1. The van der Waals surface area contributed by atoms with Gasteiger partial charge in [-0.05, 0) is 24.6 Å². The molecule has 2 N–H and O–H groups in total. The lowest BCUT2D eigenvalue weighted by atomic mass is 10.1. The fourth-order valence-corrected chi connectivity index (χ4v) is 1.59. The summed E-state index contributed by atoms with van der Waals surface area (Å²) in [7, 11) is 1.43. The van der Waals surface area contributed by atoms with Crippen molar-refractivity contribution in [1.82, 2.24) is 5.16 Å². The molecule has 0 saturated heterocycles. The number of carbonyl (C=O) groups is 1. The summed E-state index contributed by atoms with van der Waals surface area (Å²) < 4.78 is 9.91. The van der Waals surface area contributed by atoms with Crippen LogP contribution in [0.1, 0.15) is 16.1 Å². The Hall–Kier alpha value is -2.50. The zero-order chi connectivity index (χ0) is 13.3. The lowest BCUT2D eigenvalue weighted by Gasteiger charge is -2.08. The Kier molecular flexibility index (Phi) is 2.93. The molecule has 0 unspecified atom stereocenters. The topological polar surface area (TPSA) is 92.8 Å². The number of benzene rings is 1. The molecule has 1 aromatic heterocycles. The monoisotopic (exact) mass is 249 g/mol. The summed E-state index contributed by atoms with van der Waals surface area (Å²) in [4.78, 5) is 10.7. The molecule has 18 heavy (non-hydrogen) atoms. The van der Waals surface area contributed by atoms with Crippen LogP contribution in [0.3, 0.4) is 0 Å². The van der Waals surface area contributed by atoms with Crippen LogP contribution in [0.2, 0.25) is 0 Å². The summed E-state index contributed by atoms with van der Waals surface area (Å²) in [5, 5.41) is 22.1. The highest BCUT2D eigenvalue weighted by Crippen LogP contribution is 2.38. The highest BCUT2D eigenvalue weighted by atomic mass is 16.5. The Balaban J connectivity index is 2.55. The molecule has 2 aromatic rings. The van der Waals surface area contributed by atoms with E-state index in [2.05, 4.69) is 5.16 Å². The molecule has 0 radical (unpaired) electrons. The minimum atomic E-state index is -1.19. The van der Waals surface area contributed by atoms with E-state index in [1.165, 1.54) is 13.2 Å². The predicted octanol–water partition coefficient (Wildman–Crippen LogP) is 2.06. The van der Waals surface area contributed by atoms with Gasteiger partial charge < -0.3 is 19.5 Å². The third-order valence-corrected chi connectivity index (χ3v) is 2.43. The number of aromatic nitrogens is 1. The van der Waals surface area contributed by atoms with Gasteiger partial charge in [-0.3, -0.25) is 0 Å². The number of aromatic hydroxyl groups is 1. The Labute approximate surface area is 102 Å². The summed E-state index contributed by atoms with van der Waals surface area (Å²) in [5.41, 5.74) is 0.963. The quantitative estimate of drug-likeness (QED) is 0.864. The van der Waals surface area contributed by atoms with Crippen LogP contribution in [0.25, 0.3) is 11.3 Å². The average Bonchev–Trinajstić information content (AvgIpc) is 2.81. The third-order valence-electron chi connectivity index (χ3n) is 2.43. The Bertz CT molecular complexity index is 603. The maximum absolute atomic E-state index is 10.7. The standard InChI is InChI=1S/C12H11NO5/c1-6-3-7(11(14)10(4-6)17-2)9-5-8(12(15)16)13-18-9/h3-5,14H,1-2H3,(H,15,16). The Morgan fingerprint density at radius 1 is 1.39 bits per heavy atom. The van der Waals surface area contributed by atoms with Crippen molar-refractivity contribution in [3.8, 4) is 22.8 Å². The van der Waals surface area contributed by atoms with Crippen molar-refractivity contribution in [1.29, 1.82) is 0 Å². The molecular weight excluding hydrogens is 238 g/mol. The van der Waals surface area contributed by atoms with Gasteiger partial charge >= 0.3 is 5.97 Å². The molecule has 0 saturated carbocycles. The lowest BCUT2D eigenvalue weighted by Crippen LogP contribution is -1.94. The average molecular weight is 249 g/mol. The largest absolute Gasteiger partial charge is 0.504 e. The number of aryl methyl sites for hydroxylation is 1. The van der Waals surface area contributed by atoms with E-state index in [0.717, 1.165) is 5.56 Å². The molecular formula is C12H11NO5. The van der Waals surface area contributed by atoms with Crippen LogP contribution in [0.5, 0.6) is 11.5 Å². The Morgan fingerprint density at radius 3 is 2.67 bits per heavy atom. The molecule has 0 spiro atoms. The van der Waals surface area contributed by atoms with Gasteiger partial charge in [-0.1, -0.05) is 5.16 Å². The molecule has 0 aliphatic carbocycles. The summed E-state index contributed by atoms with van der Waals surface area (Å²) in [6.07, 6.45) is 0. The number of ether oxygens (including phenoxy) is 1. The van der Waals surface area contributed by atoms with Gasteiger partial charge in [0.15, 0.2) is 23.0 Å². The normalized spacial score (nSPS) is 10.3. The maximum Gasteiger partial charge on any atom is 0.358 e. The minimum Gasteiger partial charge on any atom is -0.504 e. The van der Waals surface area contributed by atoms with E-state index in [1.54, 1.807) is 12.1 Å². The van der Waals surface area contributed by atoms with E-state index in [0.29, 0.717) is 11.3 Å². The second-order valence-electron chi connectivity index (χ2n) is 3.74. The van der Waals surface area contributed by atoms with Crippen LogP contribution in [0.4, 0.5) is 0 Å². The fourth-order valence-electron chi connectivity index (χ4n) is 1.59. The number of hydrogen-bond donors (Lipinski definition) is 2. The highest BCUT2D eigenvalue weighted by molar-refractivity contribution is 5.87. The molecule has 2 rings (SSSR count). The molecule has 1 aromatic carbocycles. The van der Waals surface area contributed by atoms with Gasteiger partial charge in [0.2, 0.25) is 0 Å². The number of rotatable bonds is 3. The molecule has 0 aliphatic heterocycles. The first kappa shape index (κ1) is 12.0. The number of phenols is 1. The van der Waals surface area contributed by atoms with Crippen LogP contribution in [-0.4, -0.2) is 28.4 Å². The molecule has 0 bridgehead atoms. The van der Waals surface area contributed by atoms with Crippen molar-refractivity contribution in [2.24, 2.45) is 0 Å². The van der Waals surface area contributed by atoms with Gasteiger partial charge in [-0.25, -0.2) is 4.79 Å². The van der Waals surface area contributed by atoms with Crippen molar-refractivity contribution >= 4 is 5.97 Å². The van der Waals surface area contributed by atoms with E-state index in [4.69, 9.17) is 14.4 Å². The fraction of sp³-hybridized carbons (Fsp3) is 0.167.